The minimum Gasteiger partial charge on any atom is -0.574 e. The predicted molar refractivity (Wildman–Crippen MR) is 25.7 cm³/mol. The van der Waals surface area contributed by atoms with Gasteiger partial charge in [0.2, 0.25) is 0 Å². The number of rotatable bonds is 1. The summed E-state index contributed by atoms with van der Waals surface area (Å²) in [5.41, 5.74) is 0. The minimum atomic E-state index is 0. The molecule has 0 fully saturated rings. The molecule has 0 N–H and O–H groups in total. The van der Waals surface area contributed by atoms with Crippen LogP contribution in [0.3, 0.4) is 0 Å². The van der Waals surface area contributed by atoms with Crippen LogP contribution in [-0.4, -0.2) is 11.7 Å². The van der Waals surface area contributed by atoms with E-state index in [1.54, 1.807) is 0 Å². The maximum absolute atomic E-state index is 4.79. The van der Waals surface area contributed by atoms with Gasteiger partial charge in [0, 0.05) is 0 Å². The number of imidazole rings is 1. The van der Waals surface area contributed by atoms with Crippen LogP contribution in [0.5, 0.6) is 0 Å². The second kappa shape index (κ2) is 3.56. The average molecular weight is 277 g/mol. The fraction of sp³-hybridized carbons (Fsp3) is 0. The van der Waals surface area contributed by atoms with Gasteiger partial charge in [0.1, 0.15) is 0 Å². The van der Waals surface area contributed by atoms with Crippen LogP contribution in [-0.2, 0) is 21.1 Å². The van der Waals surface area contributed by atoms with E-state index in [-0.39, 0.29) is 21.1 Å². The standard InChI is InChI=1S/C4H3N3.W/c1-5-4-6-2-3-7-4;/h1-3H;/q-2;+2. The zero-order valence-corrected chi connectivity index (χ0v) is 6.92. The van der Waals surface area contributed by atoms with Gasteiger partial charge in [-0.25, -0.2) is 0 Å². The summed E-state index contributed by atoms with van der Waals surface area (Å²) in [7, 11) is 0. The van der Waals surface area contributed by atoms with Crippen molar-refractivity contribution in [2.45, 2.75) is 0 Å². The maximum Gasteiger partial charge on any atom is 2.00 e. The van der Waals surface area contributed by atoms with Crippen molar-refractivity contribution in [3.05, 3.63) is 12.4 Å². The predicted octanol–water partition coefficient (Wildman–Crippen LogP) is 0.245. The summed E-state index contributed by atoms with van der Waals surface area (Å²) in [5, 5.41) is 0. The Labute approximate surface area is 61.5 Å². The molecule has 0 amide bonds. The van der Waals surface area contributed by atoms with E-state index in [0.29, 0.717) is 5.95 Å². The molecule has 3 nitrogen and oxygen atoms in total. The van der Waals surface area contributed by atoms with E-state index in [1.807, 2.05) is 0 Å². The van der Waals surface area contributed by atoms with Gasteiger partial charge < -0.3 is 15.0 Å². The van der Waals surface area contributed by atoms with Gasteiger partial charge in [-0.15, -0.1) is 5.95 Å². The van der Waals surface area contributed by atoms with Gasteiger partial charge in [-0.3, -0.25) is 6.72 Å². The van der Waals surface area contributed by atoms with Gasteiger partial charge >= 0.3 is 21.1 Å². The molecule has 0 aromatic carbocycles. The molecule has 0 atom stereocenters. The Balaban J connectivity index is 0.000000490. The molecule has 0 spiro atoms. The Morgan fingerprint density at radius 1 is 1.75 bits per heavy atom. The van der Waals surface area contributed by atoms with Crippen LogP contribution in [0.25, 0.3) is 0 Å². The minimum absolute atomic E-state index is 0. The molecule has 1 aromatic rings. The fourth-order valence-electron chi connectivity index (χ4n) is 0.300. The molecule has 40 valence electrons. The maximum atomic E-state index is 4.79. The summed E-state index contributed by atoms with van der Waals surface area (Å²) in [5.74, 6) is 0.333. The van der Waals surface area contributed by atoms with E-state index in [9.17, 15) is 0 Å². The molecule has 8 heavy (non-hydrogen) atoms. The average Bonchev–Trinajstić information content (AvgIpc) is 2.14. The molecule has 0 saturated heterocycles. The van der Waals surface area contributed by atoms with E-state index in [1.165, 1.54) is 12.4 Å². The number of hydrogen-bond donors (Lipinski definition) is 0. The van der Waals surface area contributed by atoms with Crippen LogP contribution < -0.4 is 4.98 Å². The summed E-state index contributed by atoms with van der Waals surface area (Å²) in [4.78, 5) is 10.5. The van der Waals surface area contributed by atoms with Gasteiger partial charge in [-0.2, -0.15) is 0 Å². The molecule has 0 aliphatic carbocycles. The van der Waals surface area contributed by atoms with Crippen molar-refractivity contribution < 1.29 is 21.1 Å². The fourth-order valence-corrected chi connectivity index (χ4v) is 0.300. The van der Waals surface area contributed by atoms with Crippen molar-refractivity contribution in [1.82, 2.24) is 9.97 Å². The van der Waals surface area contributed by atoms with Crippen molar-refractivity contribution in [3.63, 3.8) is 0 Å². The normalized spacial score (nSPS) is 7.50. The molecule has 0 aliphatic rings. The van der Waals surface area contributed by atoms with Crippen LogP contribution >= 0.6 is 0 Å². The smallest absolute Gasteiger partial charge is 0.574 e. The van der Waals surface area contributed by atoms with Crippen molar-refractivity contribution in [2.75, 3.05) is 0 Å². The Kier molecular flexibility index (Phi) is 3.36. The molecule has 1 rings (SSSR count). The van der Waals surface area contributed by atoms with Gasteiger partial charge in [-0.05, 0) is 0 Å². The van der Waals surface area contributed by atoms with Crippen molar-refractivity contribution in [3.8, 4) is 0 Å². The second-order valence-corrected chi connectivity index (χ2v) is 0.985. The zero-order chi connectivity index (χ0) is 5.11. The van der Waals surface area contributed by atoms with Crippen LogP contribution in [0.15, 0.2) is 17.4 Å². The summed E-state index contributed by atoms with van der Waals surface area (Å²) < 4.78 is 0. The van der Waals surface area contributed by atoms with Crippen LogP contribution in [0.4, 0.5) is 5.95 Å². The molecule has 1 aromatic heterocycles. The van der Waals surface area contributed by atoms with E-state index in [2.05, 4.69) is 15.0 Å². The first-order valence-corrected chi connectivity index (χ1v) is 1.78. The van der Waals surface area contributed by atoms with Gasteiger partial charge in [0.05, 0.1) is 0 Å². The molecule has 0 aliphatic heterocycles. The Bertz CT molecular complexity index is 146. The largest absolute Gasteiger partial charge is 2.00 e. The van der Waals surface area contributed by atoms with Crippen LogP contribution in [0.1, 0.15) is 0 Å². The quantitative estimate of drug-likeness (QED) is 0.545. The van der Waals surface area contributed by atoms with E-state index in [4.69, 9.17) is 6.72 Å². The summed E-state index contributed by atoms with van der Waals surface area (Å²) in [6.45, 7) is 4.79. The van der Waals surface area contributed by atoms with Crippen LogP contribution in [0.2, 0.25) is 0 Å². The summed E-state index contributed by atoms with van der Waals surface area (Å²) in [6, 6.07) is 0. The Morgan fingerprint density at radius 2 is 2.50 bits per heavy atom. The molecule has 4 heteroatoms. The molecular weight excluding hydrogens is 274 g/mol. The van der Waals surface area contributed by atoms with E-state index in [0.717, 1.165) is 0 Å². The van der Waals surface area contributed by atoms with Crippen molar-refractivity contribution in [2.24, 2.45) is 4.99 Å². The molecule has 0 bridgehead atoms. The summed E-state index contributed by atoms with van der Waals surface area (Å²) in [6.07, 6.45) is 3.07. The first kappa shape index (κ1) is 7.57. The van der Waals surface area contributed by atoms with Gasteiger partial charge in [0.25, 0.3) is 0 Å². The van der Waals surface area contributed by atoms with Gasteiger partial charge in [-0.1, -0.05) is 12.4 Å². The third kappa shape index (κ3) is 1.58. The first-order valence-electron chi connectivity index (χ1n) is 1.78. The zero-order valence-electron chi connectivity index (χ0n) is 3.98. The topological polar surface area (TPSA) is 39.4 Å². The monoisotopic (exact) mass is 277 g/mol. The Morgan fingerprint density at radius 3 is 2.75 bits per heavy atom. The third-order valence-electron chi connectivity index (χ3n) is 0.562. The SMILES string of the molecule is [CH-]=Nc1ncc[n-]1.[W+2]. The third-order valence-corrected chi connectivity index (χ3v) is 0.562. The Hall–Kier alpha value is -0.432. The number of aromatic nitrogens is 2. The van der Waals surface area contributed by atoms with Crippen LogP contribution in [0, 0.1) is 0 Å². The molecule has 0 radical (unpaired) electrons. The van der Waals surface area contributed by atoms with Gasteiger partial charge in [0.15, 0.2) is 0 Å². The first-order chi connectivity index (χ1) is 3.43. The molecular formula is C4H3N3W. The van der Waals surface area contributed by atoms with Crippen molar-refractivity contribution in [1.29, 1.82) is 0 Å². The molecule has 1 heterocycles. The number of aliphatic imine (C=N–C) groups is 1. The molecule has 0 saturated carbocycles. The number of nitrogens with zero attached hydrogens (tertiary/aromatic N) is 3. The summed E-state index contributed by atoms with van der Waals surface area (Å²) >= 11 is 0. The van der Waals surface area contributed by atoms with E-state index >= 15 is 0 Å². The molecule has 0 unspecified atom stereocenters. The second-order valence-electron chi connectivity index (χ2n) is 0.985. The number of hydrogen-bond acceptors (Lipinski definition) is 2. The van der Waals surface area contributed by atoms with Crippen molar-refractivity contribution >= 4 is 12.7 Å². The van der Waals surface area contributed by atoms with E-state index < -0.39 is 0 Å².